The van der Waals surface area contributed by atoms with Crippen molar-refractivity contribution in [2.24, 2.45) is 11.8 Å². The second kappa shape index (κ2) is 4.43. The molecule has 13 heavy (non-hydrogen) atoms. The summed E-state index contributed by atoms with van der Waals surface area (Å²) in [6.45, 7) is 6.01. The Bertz CT molecular complexity index is 152. The maximum atomic E-state index is 3.69. The summed E-state index contributed by atoms with van der Waals surface area (Å²) in [5, 5.41) is 7.15. The van der Waals surface area contributed by atoms with E-state index in [0.717, 1.165) is 17.9 Å². The predicted octanol–water partition coefficient (Wildman–Crippen LogP) is 1.37. The predicted molar refractivity (Wildman–Crippen MR) is 55.8 cm³/mol. The molecular weight excluding hydrogens is 160 g/mol. The zero-order valence-electron chi connectivity index (χ0n) is 8.68. The molecule has 1 aliphatic heterocycles. The molecular formula is C11H22N2. The third kappa shape index (κ3) is 2.68. The molecule has 2 N–H and O–H groups in total. The zero-order valence-corrected chi connectivity index (χ0v) is 8.68. The van der Waals surface area contributed by atoms with Crippen molar-refractivity contribution in [1.29, 1.82) is 0 Å². The van der Waals surface area contributed by atoms with Crippen molar-refractivity contribution in [3.8, 4) is 0 Å². The molecule has 2 fully saturated rings. The highest BCUT2D eigenvalue weighted by atomic mass is 15.0. The van der Waals surface area contributed by atoms with E-state index in [1.807, 2.05) is 0 Å². The molecule has 76 valence electrons. The van der Waals surface area contributed by atoms with Gasteiger partial charge in [0.25, 0.3) is 0 Å². The molecule has 0 aromatic carbocycles. The third-order valence-corrected chi connectivity index (χ3v) is 3.51. The van der Waals surface area contributed by atoms with Crippen molar-refractivity contribution in [3.63, 3.8) is 0 Å². The maximum absolute atomic E-state index is 3.69. The van der Waals surface area contributed by atoms with Crippen LogP contribution in [0.25, 0.3) is 0 Å². The second-order valence-electron chi connectivity index (χ2n) is 4.63. The quantitative estimate of drug-likeness (QED) is 0.686. The lowest BCUT2D eigenvalue weighted by Gasteiger charge is -2.23. The summed E-state index contributed by atoms with van der Waals surface area (Å²) in [5.74, 6) is 1.89. The molecule has 2 nitrogen and oxygen atoms in total. The van der Waals surface area contributed by atoms with Crippen LogP contribution >= 0.6 is 0 Å². The van der Waals surface area contributed by atoms with Gasteiger partial charge in [0, 0.05) is 6.04 Å². The van der Waals surface area contributed by atoms with Gasteiger partial charge in [-0.15, -0.1) is 0 Å². The molecule has 1 aliphatic carbocycles. The first kappa shape index (κ1) is 9.47. The van der Waals surface area contributed by atoms with Crippen LogP contribution in [0.2, 0.25) is 0 Å². The molecule has 2 heteroatoms. The van der Waals surface area contributed by atoms with Gasteiger partial charge in [-0.05, 0) is 50.7 Å². The van der Waals surface area contributed by atoms with Crippen molar-refractivity contribution in [2.45, 2.75) is 38.6 Å². The third-order valence-electron chi connectivity index (χ3n) is 3.51. The van der Waals surface area contributed by atoms with Crippen LogP contribution in [0, 0.1) is 11.8 Å². The summed E-state index contributed by atoms with van der Waals surface area (Å²) >= 11 is 0. The number of hydrogen-bond acceptors (Lipinski definition) is 2. The Balaban J connectivity index is 1.57. The average Bonchev–Trinajstić information content (AvgIpc) is 2.95. The normalized spacial score (nSPS) is 39.0. The fourth-order valence-electron chi connectivity index (χ4n) is 2.37. The minimum absolute atomic E-state index is 0.868. The van der Waals surface area contributed by atoms with E-state index in [0.29, 0.717) is 0 Å². The Kier molecular flexibility index (Phi) is 3.23. The lowest BCUT2D eigenvalue weighted by Crippen LogP contribution is -2.36. The summed E-state index contributed by atoms with van der Waals surface area (Å²) in [7, 11) is 0. The van der Waals surface area contributed by atoms with Crippen LogP contribution in [-0.4, -0.2) is 25.7 Å². The Morgan fingerprint density at radius 3 is 3.00 bits per heavy atom. The Hall–Kier alpha value is -0.0800. The summed E-state index contributed by atoms with van der Waals surface area (Å²) in [6, 6.07) is 0.868. The molecule has 0 radical (unpaired) electrons. The lowest BCUT2D eigenvalue weighted by atomic mass is 10.00. The smallest absolute Gasteiger partial charge is 0.00991 e. The minimum atomic E-state index is 0.868. The van der Waals surface area contributed by atoms with E-state index < -0.39 is 0 Å². The summed E-state index contributed by atoms with van der Waals surface area (Å²) < 4.78 is 0. The van der Waals surface area contributed by atoms with Crippen molar-refractivity contribution >= 4 is 0 Å². The highest BCUT2D eigenvalue weighted by Crippen LogP contribution is 2.33. The van der Waals surface area contributed by atoms with Crippen LogP contribution < -0.4 is 10.6 Å². The van der Waals surface area contributed by atoms with Crippen molar-refractivity contribution < 1.29 is 0 Å². The molecule has 0 aromatic rings. The van der Waals surface area contributed by atoms with E-state index in [2.05, 4.69) is 17.6 Å². The van der Waals surface area contributed by atoms with E-state index >= 15 is 0 Å². The van der Waals surface area contributed by atoms with Gasteiger partial charge in [0.15, 0.2) is 0 Å². The van der Waals surface area contributed by atoms with Crippen LogP contribution in [0.3, 0.4) is 0 Å². The number of rotatable bonds is 4. The fraction of sp³-hybridized carbons (Fsp3) is 1.00. The van der Waals surface area contributed by atoms with Crippen LogP contribution in [0.4, 0.5) is 0 Å². The molecule has 3 unspecified atom stereocenters. The van der Waals surface area contributed by atoms with Gasteiger partial charge in [0.1, 0.15) is 0 Å². The largest absolute Gasteiger partial charge is 0.316 e. The second-order valence-corrected chi connectivity index (χ2v) is 4.63. The van der Waals surface area contributed by atoms with E-state index in [4.69, 9.17) is 0 Å². The molecule has 1 saturated heterocycles. The summed E-state index contributed by atoms with van der Waals surface area (Å²) in [5.41, 5.74) is 0. The topological polar surface area (TPSA) is 24.1 Å². The molecule has 0 spiro atoms. The first-order valence-electron chi connectivity index (χ1n) is 5.84. The standard InChI is InChI=1S/C11H22N2/c1-2-10-6-11(10)13-8-9-4-3-5-12-7-9/h9-13H,2-8H2,1H3. The van der Waals surface area contributed by atoms with Gasteiger partial charge in [-0.25, -0.2) is 0 Å². The van der Waals surface area contributed by atoms with Crippen LogP contribution in [0.1, 0.15) is 32.6 Å². The summed E-state index contributed by atoms with van der Waals surface area (Å²) in [6.07, 6.45) is 5.58. The van der Waals surface area contributed by atoms with Crippen molar-refractivity contribution in [2.75, 3.05) is 19.6 Å². The van der Waals surface area contributed by atoms with E-state index in [1.54, 1.807) is 0 Å². The van der Waals surface area contributed by atoms with Gasteiger partial charge in [-0.1, -0.05) is 13.3 Å². The first-order valence-corrected chi connectivity index (χ1v) is 5.84. The zero-order chi connectivity index (χ0) is 9.10. The van der Waals surface area contributed by atoms with Crippen molar-refractivity contribution in [1.82, 2.24) is 10.6 Å². The van der Waals surface area contributed by atoms with E-state index in [9.17, 15) is 0 Å². The van der Waals surface area contributed by atoms with Gasteiger partial charge >= 0.3 is 0 Å². The van der Waals surface area contributed by atoms with Gasteiger partial charge < -0.3 is 10.6 Å². The highest BCUT2D eigenvalue weighted by Gasteiger charge is 2.34. The van der Waals surface area contributed by atoms with Gasteiger partial charge in [0.05, 0.1) is 0 Å². The number of nitrogens with one attached hydrogen (secondary N) is 2. The van der Waals surface area contributed by atoms with Crippen LogP contribution in [-0.2, 0) is 0 Å². The number of hydrogen-bond donors (Lipinski definition) is 2. The Morgan fingerprint density at radius 1 is 1.46 bits per heavy atom. The minimum Gasteiger partial charge on any atom is -0.316 e. The SMILES string of the molecule is CCC1CC1NCC1CCCNC1. The Labute approximate surface area is 81.5 Å². The monoisotopic (exact) mass is 182 g/mol. The van der Waals surface area contributed by atoms with E-state index in [-0.39, 0.29) is 0 Å². The molecule has 2 rings (SSSR count). The van der Waals surface area contributed by atoms with E-state index in [1.165, 1.54) is 45.3 Å². The molecule has 1 heterocycles. The van der Waals surface area contributed by atoms with Crippen LogP contribution in [0.5, 0.6) is 0 Å². The molecule has 0 amide bonds. The van der Waals surface area contributed by atoms with Gasteiger partial charge in [0.2, 0.25) is 0 Å². The molecule has 2 aliphatic rings. The maximum Gasteiger partial charge on any atom is 0.00991 e. The Morgan fingerprint density at radius 2 is 2.38 bits per heavy atom. The molecule has 0 aromatic heterocycles. The summed E-state index contributed by atoms with van der Waals surface area (Å²) in [4.78, 5) is 0. The molecule has 0 bridgehead atoms. The van der Waals surface area contributed by atoms with Gasteiger partial charge in [-0.3, -0.25) is 0 Å². The fourth-order valence-corrected chi connectivity index (χ4v) is 2.37. The van der Waals surface area contributed by atoms with Crippen LogP contribution in [0.15, 0.2) is 0 Å². The highest BCUT2D eigenvalue weighted by molar-refractivity contribution is 4.92. The average molecular weight is 182 g/mol. The first-order chi connectivity index (χ1) is 6.40. The molecule has 1 saturated carbocycles. The number of piperidine rings is 1. The lowest BCUT2D eigenvalue weighted by molar-refractivity contribution is 0.357. The van der Waals surface area contributed by atoms with Gasteiger partial charge in [-0.2, -0.15) is 0 Å². The molecule has 3 atom stereocenters. The van der Waals surface area contributed by atoms with Crippen molar-refractivity contribution in [3.05, 3.63) is 0 Å².